The van der Waals surface area contributed by atoms with Crippen molar-refractivity contribution in [3.05, 3.63) is 59.9 Å². The summed E-state index contributed by atoms with van der Waals surface area (Å²) < 4.78 is 42.9. The van der Waals surface area contributed by atoms with Crippen molar-refractivity contribution < 1.29 is 27.1 Å². The minimum Gasteiger partial charge on any atom is -0.465 e. The van der Waals surface area contributed by atoms with Gasteiger partial charge in [0.1, 0.15) is 5.82 Å². The normalized spacial score (nSPS) is 10.9. The molecule has 9 heteroatoms. The van der Waals surface area contributed by atoms with E-state index >= 15 is 0 Å². The summed E-state index contributed by atoms with van der Waals surface area (Å²) in [4.78, 5) is 23.7. The predicted octanol–water partition coefficient (Wildman–Crippen LogP) is 2.41. The van der Waals surface area contributed by atoms with Crippen molar-refractivity contribution in [1.29, 1.82) is 0 Å². The van der Waals surface area contributed by atoms with Crippen LogP contribution in [-0.2, 0) is 19.6 Å². The fourth-order valence-electron chi connectivity index (χ4n) is 2.39. The van der Waals surface area contributed by atoms with Gasteiger partial charge < -0.3 is 10.1 Å². The van der Waals surface area contributed by atoms with E-state index in [1.165, 1.54) is 37.4 Å². The van der Waals surface area contributed by atoms with Crippen LogP contribution in [0.3, 0.4) is 0 Å². The van der Waals surface area contributed by atoms with Crippen LogP contribution in [0.25, 0.3) is 0 Å². The molecule has 2 rings (SSSR count). The average molecular weight is 394 g/mol. The van der Waals surface area contributed by atoms with Crippen molar-refractivity contribution in [2.45, 2.75) is 6.42 Å². The third-order valence-electron chi connectivity index (χ3n) is 3.61. The van der Waals surface area contributed by atoms with Crippen LogP contribution >= 0.6 is 0 Å². The number of halogens is 1. The van der Waals surface area contributed by atoms with Gasteiger partial charge in [0.05, 0.1) is 24.6 Å². The van der Waals surface area contributed by atoms with Crippen LogP contribution in [0.5, 0.6) is 0 Å². The van der Waals surface area contributed by atoms with Crippen LogP contribution in [0.2, 0.25) is 0 Å². The van der Waals surface area contributed by atoms with Crippen LogP contribution < -0.4 is 9.62 Å². The summed E-state index contributed by atoms with van der Waals surface area (Å²) >= 11 is 0. The Labute approximate surface area is 156 Å². The van der Waals surface area contributed by atoms with Gasteiger partial charge in [-0.25, -0.2) is 17.6 Å². The Bertz CT molecular complexity index is 946. The van der Waals surface area contributed by atoms with Crippen molar-refractivity contribution in [2.75, 3.05) is 29.5 Å². The first-order valence-electron chi connectivity index (χ1n) is 7.92. The standard InChI is InChI=1S/C18H19FN2O5S/c1-26-18(23)13-5-3-7-15(11-13)20-17(22)9-10-21(27(2,24)25)16-8-4-6-14(19)12-16/h3-8,11-12H,9-10H2,1-2H3,(H,20,22). The first kappa shape index (κ1) is 20.4. The lowest BCUT2D eigenvalue weighted by Crippen LogP contribution is -2.33. The topological polar surface area (TPSA) is 92.8 Å². The Morgan fingerprint density at radius 3 is 2.48 bits per heavy atom. The second-order valence-electron chi connectivity index (χ2n) is 5.69. The van der Waals surface area contributed by atoms with E-state index in [0.29, 0.717) is 5.69 Å². The molecule has 1 N–H and O–H groups in total. The van der Waals surface area contributed by atoms with Gasteiger partial charge in [0, 0.05) is 18.7 Å². The zero-order valence-electron chi connectivity index (χ0n) is 14.8. The maximum absolute atomic E-state index is 13.4. The Morgan fingerprint density at radius 1 is 1.15 bits per heavy atom. The minimum absolute atomic E-state index is 0.137. The molecule has 0 aromatic heterocycles. The van der Waals surface area contributed by atoms with E-state index in [1.54, 1.807) is 12.1 Å². The van der Waals surface area contributed by atoms with Gasteiger partial charge in [-0.15, -0.1) is 0 Å². The molecule has 0 saturated carbocycles. The van der Waals surface area contributed by atoms with Gasteiger partial charge in [0.2, 0.25) is 15.9 Å². The highest BCUT2D eigenvalue weighted by Gasteiger charge is 2.19. The number of methoxy groups -OCH3 is 1. The summed E-state index contributed by atoms with van der Waals surface area (Å²) in [6.45, 7) is -0.162. The number of hydrogen-bond donors (Lipinski definition) is 1. The number of benzene rings is 2. The summed E-state index contributed by atoms with van der Waals surface area (Å²) in [6, 6.07) is 11.3. The van der Waals surface area contributed by atoms with Crippen LogP contribution in [-0.4, -0.2) is 40.2 Å². The molecule has 0 fully saturated rings. The molecule has 0 unspecified atom stereocenters. The highest BCUT2D eigenvalue weighted by molar-refractivity contribution is 7.92. The first-order chi connectivity index (χ1) is 12.7. The molecule has 27 heavy (non-hydrogen) atoms. The number of ether oxygens (including phenoxy) is 1. The van der Waals surface area contributed by atoms with E-state index in [1.807, 2.05) is 0 Å². The number of rotatable bonds is 7. The van der Waals surface area contributed by atoms with E-state index < -0.39 is 27.7 Å². The highest BCUT2D eigenvalue weighted by atomic mass is 32.2. The lowest BCUT2D eigenvalue weighted by molar-refractivity contribution is -0.116. The molecular weight excluding hydrogens is 375 g/mol. The number of carbonyl (C=O) groups is 2. The summed E-state index contributed by atoms with van der Waals surface area (Å²) in [6.07, 6.45) is 0.821. The number of amides is 1. The Morgan fingerprint density at radius 2 is 1.85 bits per heavy atom. The fraction of sp³-hybridized carbons (Fsp3) is 0.222. The van der Waals surface area contributed by atoms with Gasteiger partial charge >= 0.3 is 5.97 Å². The molecule has 0 radical (unpaired) electrons. The number of carbonyl (C=O) groups excluding carboxylic acids is 2. The van der Waals surface area contributed by atoms with E-state index in [0.717, 1.165) is 16.6 Å². The zero-order chi connectivity index (χ0) is 20.0. The number of nitrogens with one attached hydrogen (secondary N) is 1. The van der Waals surface area contributed by atoms with Crippen LogP contribution in [0.1, 0.15) is 16.8 Å². The van der Waals surface area contributed by atoms with Gasteiger partial charge in [-0.2, -0.15) is 0 Å². The number of hydrogen-bond acceptors (Lipinski definition) is 5. The molecule has 0 bridgehead atoms. The fourth-order valence-corrected chi connectivity index (χ4v) is 3.31. The van der Waals surface area contributed by atoms with Crippen molar-refractivity contribution >= 4 is 33.3 Å². The molecule has 0 saturated heterocycles. The second kappa shape index (κ2) is 8.63. The predicted molar refractivity (Wildman–Crippen MR) is 99.6 cm³/mol. The number of sulfonamides is 1. The summed E-state index contributed by atoms with van der Waals surface area (Å²) in [5.41, 5.74) is 0.783. The number of esters is 1. The summed E-state index contributed by atoms with van der Waals surface area (Å²) in [7, 11) is -2.45. The monoisotopic (exact) mass is 394 g/mol. The van der Waals surface area contributed by atoms with Gasteiger partial charge in [0.15, 0.2) is 0 Å². The van der Waals surface area contributed by atoms with Crippen LogP contribution in [0, 0.1) is 5.82 Å². The molecule has 0 aliphatic heterocycles. The largest absolute Gasteiger partial charge is 0.465 e. The lowest BCUT2D eigenvalue weighted by atomic mass is 10.2. The molecule has 0 spiro atoms. The van der Waals surface area contributed by atoms with Crippen LogP contribution in [0.4, 0.5) is 15.8 Å². The van der Waals surface area contributed by atoms with Crippen LogP contribution in [0.15, 0.2) is 48.5 Å². The molecule has 1 amide bonds. The zero-order valence-corrected chi connectivity index (χ0v) is 15.6. The molecule has 0 aliphatic carbocycles. The van der Waals surface area contributed by atoms with Crippen molar-refractivity contribution in [1.82, 2.24) is 0 Å². The Balaban J connectivity index is 2.07. The molecule has 2 aromatic rings. The van der Waals surface area contributed by atoms with E-state index in [9.17, 15) is 22.4 Å². The number of nitrogens with zero attached hydrogens (tertiary/aromatic N) is 1. The molecule has 0 atom stereocenters. The quantitative estimate of drug-likeness (QED) is 0.728. The Hall–Kier alpha value is -2.94. The molecule has 0 aliphatic rings. The van der Waals surface area contributed by atoms with Gasteiger partial charge in [-0.1, -0.05) is 12.1 Å². The van der Waals surface area contributed by atoms with Gasteiger partial charge in [-0.3, -0.25) is 9.10 Å². The first-order valence-corrected chi connectivity index (χ1v) is 9.77. The van der Waals surface area contributed by atoms with Gasteiger partial charge in [-0.05, 0) is 36.4 Å². The summed E-state index contributed by atoms with van der Waals surface area (Å²) in [5.74, 6) is -1.58. The summed E-state index contributed by atoms with van der Waals surface area (Å²) in [5, 5.41) is 2.59. The van der Waals surface area contributed by atoms with E-state index in [-0.39, 0.29) is 24.2 Å². The molecular formula is C18H19FN2O5S. The maximum Gasteiger partial charge on any atom is 0.337 e. The molecule has 0 heterocycles. The molecule has 2 aromatic carbocycles. The maximum atomic E-state index is 13.4. The third-order valence-corrected chi connectivity index (χ3v) is 4.80. The minimum atomic E-state index is -3.70. The Kier molecular flexibility index (Phi) is 6.51. The average Bonchev–Trinajstić information content (AvgIpc) is 2.60. The molecule has 7 nitrogen and oxygen atoms in total. The highest BCUT2D eigenvalue weighted by Crippen LogP contribution is 2.19. The second-order valence-corrected chi connectivity index (χ2v) is 7.59. The van der Waals surface area contributed by atoms with Crippen molar-refractivity contribution in [3.63, 3.8) is 0 Å². The number of anilines is 2. The SMILES string of the molecule is COC(=O)c1cccc(NC(=O)CCN(c2cccc(F)c2)S(C)(=O)=O)c1. The third kappa shape index (κ3) is 5.78. The van der Waals surface area contributed by atoms with Gasteiger partial charge in [0.25, 0.3) is 0 Å². The van der Waals surface area contributed by atoms with Crippen molar-refractivity contribution in [2.24, 2.45) is 0 Å². The smallest absolute Gasteiger partial charge is 0.337 e. The van der Waals surface area contributed by atoms with E-state index in [4.69, 9.17) is 0 Å². The van der Waals surface area contributed by atoms with Crippen molar-refractivity contribution in [3.8, 4) is 0 Å². The lowest BCUT2D eigenvalue weighted by Gasteiger charge is -2.22. The molecule has 144 valence electrons. The van der Waals surface area contributed by atoms with E-state index in [2.05, 4.69) is 10.1 Å².